The molecule has 3 heterocycles. The molecule has 1 aromatic carbocycles. The van der Waals surface area contributed by atoms with Gasteiger partial charge in [-0.05, 0) is 13.0 Å². The number of aromatic nitrogens is 3. The van der Waals surface area contributed by atoms with Crippen molar-refractivity contribution in [2.45, 2.75) is 19.1 Å². The van der Waals surface area contributed by atoms with Crippen LogP contribution in [0.5, 0.6) is 0 Å². The number of fused-ring (bicyclic) bond motifs is 1. The Bertz CT molecular complexity index is 1120. The Morgan fingerprint density at radius 2 is 1.86 bits per heavy atom. The third kappa shape index (κ3) is 2.88. The van der Waals surface area contributed by atoms with Gasteiger partial charge in [-0.15, -0.1) is 0 Å². The van der Waals surface area contributed by atoms with Crippen LogP contribution in [0.15, 0.2) is 48.9 Å². The van der Waals surface area contributed by atoms with Gasteiger partial charge in [0.25, 0.3) is 0 Å². The van der Waals surface area contributed by atoms with Gasteiger partial charge in [0.1, 0.15) is 0 Å². The van der Waals surface area contributed by atoms with E-state index in [2.05, 4.69) is 9.97 Å². The van der Waals surface area contributed by atoms with Crippen molar-refractivity contribution in [1.82, 2.24) is 14.5 Å². The second-order valence-electron chi connectivity index (χ2n) is 6.58. The molecule has 28 heavy (non-hydrogen) atoms. The first-order valence-electron chi connectivity index (χ1n) is 8.61. The molecule has 0 atom stereocenters. The molecular formula is C20H17N3O5. The van der Waals surface area contributed by atoms with Gasteiger partial charge in [0.15, 0.2) is 0 Å². The van der Waals surface area contributed by atoms with Crippen LogP contribution in [-0.2, 0) is 32.5 Å². The number of imidazole rings is 1. The van der Waals surface area contributed by atoms with Crippen molar-refractivity contribution in [3.05, 3.63) is 65.9 Å². The van der Waals surface area contributed by atoms with E-state index in [0.29, 0.717) is 16.8 Å². The van der Waals surface area contributed by atoms with Crippen molar-refractivity contribution < 1.29 is 23.9 Å². The SMILES string of the molecule is Cc1[nH]cnc1CC1(C(=O)c2cn(C)c3ccccc23)OC(=O)C=CC(=O)O1. The Morgan fingerprint density at radius 1 is 1.18 bits per heavy atom. The summed E-state index contributed by atoms with van der Waals surface area (Å²) < 4.78 is 12.6. The molecule has 142 valence electrons. The Kier molecular flexibility index (Phi) is 4.11. The van der Waals surface area contributed by atoms with Crippen molar-refractivity contribution in [1.29, 1.82) is 0 Å². The number of para-hydroxylation sites is 1. The Morgan fingerprint density at radius 3 is 2.50 bits per heavy atom. The molecule has 8 nitrogen and oxygen atoms in total. The number of Topliss-reactive ketones (excluding diaryl/α,β-unsaturated/α-hetero) is 1. The maximum absolute atomic E-state index is 13.6. The Hall–Kier alpha value is -3.68. The Labute approximate surface area is 159 Å². The summed E-state index contributed by atoms with van der Waals surface area (Å²) in [6.45, 7) is 1.76. The van der Waals surface area contributed by atoms with E-state index >= 15 is 0 Å². The zero-order valence-corrected chi connectivity index (χ0v) is 15.3. The molecule has 0 radical (unpaired) electrons. The smallest absolute Gasteiger partial charge is 0.334 e. The quantitative estimate of drug-likeness (QED) is 0.549. The maximum Gasteiger partial charge on any atom is 0.334 e. The fourth-order valence-corrected chi connectivity index (χ4v) is 3.31. The maximum atomic E-state index is 13.6. The van der Waals surface area contributed by atoms with E-state index in [1.54, 1.807) is 36.9 Å². The zero-order valence-electron chi connectivity index (χ0n) is 15.3. The predicted molar refractivity (Wildman–Crippen MR) is 98.3 cm³/mol. The first-order chi connectivity index (χ1) is 13.4. The highest BCUT2D eigenvalue weighted by atomic mass is 16.7. The normalized spacial score (nSPS) is 15.9. The molecule has 0 amide bonds. The number of carbonyl (C=O) groups is 3. The molecule has 2 aromatic heterocycles. The lowest BCUT2D eigenvalue weighted by Crippen LogP contribution is -2.48. The summed E-state index contributed by atoms with van der Waals surface area (Å²) >= 11 is 0. The summed E-state index contributed by atoms with van der Waals surface area (Å²) in [5, 5.41) is 0.664. The number of H-pyrrole nitrogens is 1. The van der Waals surface area contributed by atoms with Gasteiger partial charge < -0.3 is 19.0 Å². The van der Waals surface area contributed by atoms with Crippen molar-refractivity contribution in [2.24, 2.45) is 7.05 Å². The molecule has 0 saturated heterocycles. The minimum Gasteiger partial charge on any atom is -0.411 e. The highest BCUT2D eigenvalue weighted by molar-refractivity contribution is 6.13. The molecule has 0 saturated carbocycles. The van der Waals surface area contributed by atoms with Crippen molar-refractivity contribution in [3.63, 3.8) is 0 Å². The number of cyclic esters (lactones) is 2. The van der Waals surface area contributed by atoms with Crippen LogP contribution in [0, 0.1) is 6.92 Å². The number of hydrogen-bond donors (Lipinski definition) is 1. The van der Waals surface area contributed by atoms with Crippen LogP contribution >= 0.6 is 0 Å². The summed E-state index contributed by atoms with van der Waals surface area (Å²) in [6, 6.07) is 7.31. The number of nitrogens with one attached hydrogen (secondary N) is 1. The minimum atomic E-state index is -2.15. The van der Waals surface area contributed by atoms with E-state index in [1.165, 1.54) is 6.33 Å². The van der Waals surface area contributed by atoms with Gasteiger partial charge in [0.05, 0.1) is 24.0 Å². The molecule has 8 heteroatoms. The largest absolute Gasteiger partial charge is 0.411 e. The van der Waals surface area contributed by atoms with E-state index in [9.17, 15) is 14.4 Å². The van der Waals surface area contributed by atoms with Crippen LogP contribution in [0.4, 0.5) is 0 Å². The second-order valence-corrected chi connectivity index (χ2v) is 6.58. The molecule has 1 N–H and O–H groups in total. The number of hydrogen-bond acceptors (Lipinski definition) is 6. The number of aromatic amines is 1. The van der Waals surface area contributed by atoms with E-state index in [4.69, 9.17) is 9.47 Å². The van der Waals surface area contributed by atoms with Crippen molar-refractivity contribution in [2.75, 3.05) is 0 Å². The van der Waals surface area contributed by atoms with Gasteiger partial charge in [-0.25, -0.2) is 14.6 Å². The highest BCUT2D eigenvalue weighted by Gasteiger charge is 2.49. The summed E-state index contributed by atoms with van der Waals surface area (Å²) in [4.78, 5) is 44.9. The number of ketones is 1. The topological polar surface area (TPSA) is 103 Å². The van der Waals surface area contributed by atoms with Crippen LogP contribution in [0.25, 0.3) is 10.9 Å². The summed E-state index contributed by atoms with van der Waals surface area (Å²) in [7, 11) is 1.80. The summed E-state index contributed by atoms with van der Waals surface area (Å²) in [6.07, 6.45) is 4.77. The average Bonchev–Trinajstić information content (AvgIpc) is 3.18. The van der Waals surface area contributed by atoms with Crippen molar-refractivity contribution in [3.8, 4) is 0 Å². The third-order valence-corrected chi connectivity index (χ3v) is 4.71. The standard InChI is InChI=1S/C20H17N3O5/c1-12-15(22-11-21-12)9-20(27-17(24)7-8-18(25)28-20)19(26)14-10-23(2)16-6-4-3-5-13(14)16/h3-8,10-11H,9H2,1-2H3,(H,21,22). The minimum absolute atomic E-state index is 0.205. The van der Waals surface area contributed by atoms with E-state index in [0.717, 1.165) is 17.7 Å². The number of carbonyl (C=O) groups excluding carboxylic acids is 3. The molecule has 3 aromatic rings. The van der Waals surface area contributed by atoms with Gasteiger partial charge in [-0.1, -0.05) is 18.2 Å². The monoisotopic (exact) mass is 379 g/mol. The molecule has 0 fully saturated rings. The first kappa shape index (κ1) is 17.7. The lowest BCUT2D eigenvalue weighted by molar-refractivity contribution is -0.201. The fraction of sp³-hybridized carbons (Fsp3) is 0.200. The Balaban J connectivity index is 1.87. The van der Waals surface area contributed by atoms with E-state index in [1.807, 2.05) is 12.1 Å². The van der Waals surface area contributed by atoms with Crippen LogP contribution < -0.4 is 0 Å². The number of aryl methyl sites for hydroxylation is 2. The molecular weight excluding hydrogens is 362 g/mol. The van der Waals surface area contributed by atoms with Crippen LogP contribution in [0.1, 0.15) is 21.7 Å². The lowest BCUT2D eigenvalue weighted by atomic mass is 9.97. The van der Waals surface area contributed by atoms with Crippen LogP contribution in [0.2, 0.25) is 0 Å². The van der Waals surface area contributed by atoms with Gasteiger partial charge in [0.2, 0.25) is 5.78 Å². The van der Waals surface area contributed by atoms with E-state index < -0.39 is 23.5 Å². The molecule has 1 aliphatic rings. The molecule has 0 unspecified atom stereocenters. The van der Waals surface area contributed by atoms with Crippen molar-refractivity contribution >= 4 is 28.6 Å². The third-order valence-electron chi connectivity index (χ3n) is 4.71. The fourth-order valence-electron chi connectivity index (χ4n) is 3.31. The van der Waals surface area contributed by atoms with Crippen LogP contribution in [-0.4, -0.2) is 38.0 Å². The average molecular weight is 379 g/mol. The van der Waals surface area contributed by atoms with Gasteiger partial charge in [-0.2, -0.15) is 0 Å². The number of ether oxygens (including phenoxy) is 2. The number of esters is 2. The molecule has 0 aliphatic carbocycles. The highest BCUT2D eigenvalue weighted by Crippen LogP contribution is 2.31. The van der Waals surface area contributed by atoms with Gasteiger partial charge in [0, 0.05) is 42.0 Å². The second kappa shape index (κ2) is 6.49. The van der Waals surface area contributed by atoms with Crippen LogP contribution in [0.3, 0.4) is 0 Å². The number of nitrogens with zero attached hydrogens (tertiary/aromatic N) is 2. The molecule has 1 aliphatic heterocycles. The predicted octanol–water partition coefficient (Wildman–Crippen LogP) is 1.99. The first-order valence-corrected chi connectivity index (χ1v) is 8.61. The van der Waals surface area contributed by atoms with Gasteiger partial charge in [-0.3, -0.25) is 4.79 Å². The molecule has 0 bridgehead atoms. The summed E-state index contributed by atoms with van der Waals surface area (Å²) in [5.41, 5.74) is 2.24. The number of rotatable bonds is 4. The summed E-state index contributed by atoms with van der Waals surface area (Å²) in [5.74, 6) is -4.46. The zero-order chi connectivity index (χ0) is 19.9. The number of benzene rings is 1. The molecule has 4 rings (SSSR count). The van der Waals surface area contributed by atoms with Gasteiger partial charge >= 0.3 is 17.7 Å². The van der Waals surface area contributed by atoms with E-state index in [-0.39, 0.29) is 12.0 Å². The molecule has 0 spiro atoms. The lowest BCUT2D eigenvalue weighted by Gasteiger charge is -2.29.